The van der Waals surface area contributed by atoms with Crippen LogP contribution in [0.4, 0.5) is 4.79 Å². The molecule has 0 atom stereocenters. The first-order valence-corrected chi connectivity index (χ1v) is 17.2. The van der Waals surface area contributed by atoms with Crippen LogP contribution in [0.15, 0.2) is 97.1 Å². The van der Waals surface area contributed by atoms with Gasteiger partial charge in [-0.25, -0.2) is 4.79 Å². The molecule has 0 saturated carbocycles. The summed E-state index contributed by atoms with van der Waals surface area (Å²) in [6.45, 7) is 15.2. The summed E-state index contributed by atoms with van der Waals surface area (Å²) in [6, 6.07) is 31.4. The van der Waals surface area contributed by atoms with Gasteiger partial charge in [-0.2, -0.15) is 0 Å². The van der Waals surface area contributed by atoms with E-state index in [0.29, 0.717) is 11.5 Å². The Morgan fingerprint density at radius 3 is 1.10 bits per heavy atom. The molecule has 0 amide bonds. The summed E-state index contributed by atoms with van der Waals surface area (Å²) < 4.78 is 22.3. The SMILES string of the molecule is COc1ccc(C(C)(C)c2ccc(OC(=O)Oc3ccc(C(C)(C)c4ccc(O[Si](C)(C)C)cc4)cc3)cc2)cc1. The lowest BCUT2D eigenvalue weighted by Gasteiger charge is -2.27. The summed E-state index contributed by atoms with van der Waals surface area (Å²) in [5.74, 6) is 2.57. The summed E-state index contributed by atoms with van der Waals surface area (Å²) in [4.78, 5) is 12.5. The van der Waals surface area contributed by atoms with E-state index in [1.807, 2.05) is 48.5 Å². The van der Waals surface area contributed by atoms with Crippen LogP contribution < -0.4 is 18.6 Å². The van der Waals surface area contributed by atoms with Gasteiger partial charge in [-0.1, -0.05) is 76.2 Å². The molecule has 41 heavy (non-hydrogen) atoms. The van der Waals surface area contributed by atoms with E-state index in [-0.39, 0.29) is 10.8 Å². The highest BCUT2D eigenvalue weighted by molar-refractivity contribution is 6.70. The van der Waals surface area contributed by atoms with Crippen LogP contribution in [0, 0.1) is 0 Å². The molecule has 0 heterocycles. The van der Waals surface area contributed by atoms with Crippen molar-refractivity contribution in [3.05, 3.63) is 119 Å². The fourth-order valence-electron chi connectivity index (χ4n) is 4.73. The second-order valence-electron chi connectivity index (χ2n) is 12.2. The molecule has 0 spiro atoms. The lowest BCUT2D eigenvalue weighted by Crippen LogP contribution is -2.29. The number of carbonyl (C=O) groups is 1. The van der Waals surface area contributed by atoms with Crippen molar-refractivity contribution >= 4 is 14.5 Å². The van der Waals surface area contributed by atoms with Gasteiger partial charge in [0, 0.05) is 10.8 Å². The predicted molar refractivity (Wildman–Crippen MR) is 167 cm³/mol. The molecule has 0 bridgehead atoms. The van der Waals surface area contributed by atoms with Crippen molar-refractivity contribution in [1.29, 1.82) is 0 Å². The van der Waals surface area contributed by atoms with Gasteiger partial charge in [0.2, 0.25) is 8.32 Å². The predicted octanol–water partition coefficient (Wildman–Crippen LogP) is 9.14. The zero-order valence-electron chi connectivity index (χ0n) is 25.3. The molecule has 0 unspecified atom stereocenters. The van der Waals surface area contributed by atoms with E-state index in [2.05, 4.69) is 71.6 Å². The van der Waals surface area contributed by atoms with Crippen molar-refractivity contribution in [3.8, 4) is 23.0 Å². The highest BCUT2D eigenvalue weighted by Crippen LogP contribution is 2.35. The summed E-state index contributed by atoms with van der Waals surface area (Å²) in [6.07, 6.45) is -0.780. The Morgan fingerprint density at radius 2 is 0.805 bits per heavy atom. The zero-order valence-corrected chi connectivity index (χ0v) is 26.3. The Hall–Kier alpha value is -4.03. The molecule has 0 radical (unpaired) electrons. The van der Waals surface area contributed by atoms with Gasteiger partial charge in [-0.3, -0.25) is 0 Å². The van der Waals surface area contributed by atoms with Gasteiger partial charge in [-0.15, -0.1) is 0 Å². The van der Waals surface area contributed by atoms with Gasteiger partial charge in [-0.05, 0) is 90.4 Å². The van der Waals surface area contributed by atoms with Gasteiger partial charge >= 0.3 is 6.16 Å². The van der Waals surface area contributed by atoms with Crippen LogP contribution in [0.3, 0.4) is 0 Å². The van der Waals surface area contributed by atoms with Crippen LogP contribution in [-0.2, 0) is 10.8 Å². The maximum absolute atomic E-state index is 12.5. The average Bonchev–Trinajstić information content (AvgIpc) is 2.93. The van der Waals surface area contributed by atoms with Crippen molar-refractivity contribution in [2.24, 2.45) is 0 Å². The number of methoxy groups -OCH3 is 1. The van der Waals surface area contributed by atoms with E-state index in [1.54, 1.807) is 31.4 Å². The van der Waals surface area contributed by atoms with E-state index < -0.39 is 14.5 Å². The molecule has 6 heteroatoms. The van der Waals surface area contributed by atoms with Crippen molar-refractivity contribution in [3.63, 3.8) is 0 Å². The molecule has 0 fully saturated rings. The average molecular weight is 569 g/mol. The second kappa shape index (κ2) is 11.8. The van der Waals surface area contributed by atoms with Crippen LogP contribution in [0.5, 0.6) is 23.0 Å². The number of rotatable bonds is 9. The summed E-state index contributed by atoms with van der Waals surface area (Å²) in [7, 11) is 0.00712. The van der Waals surface area contributed by atoms with Gasteiger partial charge in [0.05, 0.1) is 7.11 Å². The minimum absolute atomic E-state index is 0.232. The molecule has 4 aromatic carbocycles. The molecule has 4 aromatic rings. The molecular formula is C35H40O5Si. The van der Waals surface area contributed by atoms with Crippen LogP contribution in [0.25, 0.3) is 0 Å². The Labute approximate surface area is 245 Å². The zero-order chi connectivity index (χ0) is 29.8. The molecule has 0 N–H and O–H groups in total. The first kappa shape index (κ1) is 29.9. The third-order valence-corrected chi connectivity index (χ3v) is 8.21. The van der Waals surface area contributed by atoms with Crippen LogP contribution >= 0.6 is 0 Å². The van der Waals surface area contributed by atoms with Crippen LogP contribution in [0.1, 0.15) is 49.9 Å². The van der Waals surface area contributed by atoms with Crippen molar-refractivity contribution < 1.29 is 23.4 Å². The molecule has 214 valence electrons. The van der Waals surface area contributed by atoms with Crippen LogP contribution in [-0.4, -0.2) is 21.6 Å². The van der Waals surface area contributed by atoms with Gasteiger partial charge in [0.25, 0.3) is 0 Å². The number of hydrogen-bond acceptors (Lipinski definition) is 5. The Balaban J connectivity index is 1.37. The van der Waals surface area contributed by atoms with E-state index in [9.17, 15) is 4.79 Å². The topological polar surface area (TPSA) is 54.0 Å². The maximum atomic E-state index is 12.5. The molecule has 0 aliphatic carbocycles. The third-order valence-electron chi connectivity index (χ3n) is 7.37. The molecule has 0 saturated heterocycles. The minimum Gasteiger partial charge on any atom is -0.544 e. The standard InChI is InChI=1S/C35H40O5Si/c1-34(2,25-9-17-29(37-5)18-10-25)26-11-19-30(20-12-26)38-33(36)39-31-21-13-27(14-22-31)35(3,4)28-15-23-32(24-16-28)40-41(6,7)8/h9-24H,1-8H3. The highest BCUT2D eigenvalue weighted by Gasteiger charge is 2.25. The normalized spacial score (nSPS) is 12.0. The molecule has 0 aliphatic rings. The van der Waals surface area contributed by atoms with Crippen molar-refractivity contribution in [2.45, 2.75) is 58.2 Å². The summed E-state index contributed by atoms with van der Waals surface area (Å²) in [5, 5.41) is 0. The Kier molecular flexibility index (Phi) is 8.64. The smallest absolute Gasteiger partial charge is 0.519 e. The third kappa shape index (κ3) is 7.38. The van der Waals surface area contributed by atoms with Gasteiger partial charge in [0.1, 0.15) is 23.0 Å². The Morgan fingerprint density at radius 1 is 0.512 bits per heavy atom. The monoisotopic (exact) mass is 568 g/mol. The van der Waals surface area contributed by atoms with Crippen molar-refractivity contribution in [1.82, 2.24) is 0 Å². The quantitative estimate of drug-likeness (QED) is 0.114. The maximum Gasteiger partial charge on any atom is 0.519 e. The van der Waals surface area contributed by atoms with Gasteiger partial charge in [0.15, 0.2) is 0 Å². The van der Waals surface area contributed by atoms with Crippen LogP contribution in [0.2, 0.25) is 19.6 Å². The molecule has 0 aromatic heterocycles. The van der Waals surface area contributed by atoms with E-state index in [0.717, 1.165) is 28.2 Å². The fraction of sp³-hybridized carbons (Fsp3) is 0.286. The molecule has 0 aliphatic heterocycles. The first-order valence-electron chi connectivity index (χ1n) is 13.8. The lowest BCUT2D eigenvalue weighted by atomic mass is 9.78. The highest BCUT2D eigenvalue weighted by atomic mass is 28.4. The molecule has 4 rings (SSSR count). The minimum atomic E-state index is -1.65. The number of benzene rings is 4. The summed E-state index contributed by atoms with van der Waals surface area (Å²) in [5.41, 5.74) is 4.06. The lowest BCUT2D eigenvalue weighted by molar-refractivity contribution is 0.152. The fourth-order valence-corrected chi connectivity index (χ4v) is 5.57. The second-order valence-corrected chi connectivity index (χ2v) is 16.6. The molecule has 5 nitrogen and oxygen atoms in total. The first-order chi connectivity index (χ1) is 19.3. The van der Waals surface area contributed by atoms with Crippen molar-refractivity contribution in [2.75, 3.05) is 7.11 Å². The largest absolute Gasteiger partial charge is 0.544 e. The number of ether oxygens (including phenoxy) is 3. The Bertz CT molecular complexity index is 1450. The summed E-state index contributed by atoms with van der Waals surface area (Å²) >= 11 is 0. The van der Waals surface area contributed by atoms with E-state index >= 15 is 0 Å². The number of hydrogen-bond donors (Lipinski definition) is 0. The van der Waals surface area contributed by atoms with E-state index in [4.69, 9.17) is 18.6 Å². The molecular weight excluding hydrogens is 528 g/mol. The van der Waals surface area contributed by atoms with Gasteiger partial charge < -0.3 is 18.6 Å². The number of carbonyl (C=O) groups excluding carboxylic acids is 1. The van der Waals surface area contributed by atoms with E-state index in [1.165, 1.54) is 5.56 Å².